The average Bonchev–Trinajstić information content (AvgIpc) is 3.04. The number of aryl methyl sites for hydroxylation is 2. The van der Waals surface area contributed by atoms with Gasteiger partial charge in [0.2, 0.25) is 5.69 Å². The van der Waals surface area contributed by atoms with E-state index in [1.165, 1.54) is 38.8 Å². The lowest BCUT2D eigenvalue weighted by Gasteiger charge is -2.39. The number of fused-ring (bicyclic) bond motifs is 1. The van der Waals surface area contributed by atoms with E-state index in [9.17, 15) is 0 Å². The molecule has 0 bridgehead atoms. The number of pyridine rings is 1. The summed E-state index contributed by atoms with van der Waals surface area (Å²) in [5.74, 6) is 0. The molecule has 0 unspecified atom stereocenters. The summed E-state index contributed by atoms with van der Waals surface area (Å²) in [5, 5.41) is 2.54. The van der Waals surface area contributed by atoms with E-state index in [-0.39, 0.29) is 11.7 Å². The molecular formula is C26H32N3+. The molecule has 2 aromatic carbocycles. The van der Waals surface area contributed by atoms with E-state index in [2.05, 4.69) is 124 Å². The van der Waals surface area contributed by atoms with Crippen LogP contribution in [0, 0.1) is 13.8 Å². The first kappa shape index (κ1) is 19.5. The van der Waals surface area contributed by atoms with Gasteiger partial charge in [-0.05, 0) is 76.3 Å². The van der Waals surface area contributed by atoms with Gasteiger partial charge in [0, 0.05) is 35.1 Å². The van der Waals surface area contributed by atoms with Crippen LogP contribution in [0.25, 0.3) is 22.0 Å². The quantitative estimate of drug-likeness (QED) is 0.524. The van der Waals surface area contributed by atoms with Crippen molar-refractivity contribution in [3.05, 3.63) is 72.2 Å². The zero-order valence-electron chi connectivity index (χ0n) is 18.7. The van der Waals surface area contributed by atoms with E-state index >= 15 is 0 Å². The summed E-state index contributed by atoms with van der Waals surface area (Å²) < 4.78 is 2.25. The van der Waals surface area contributed by atoms with Gasteiger partial charge in [-0.2, -0.15) is 0 Å². The molecule has 0 saturated carbocycles. The molecule has 0 aliphatic carbocycles. The maximum atomic E-state index is 2.42. The molecule has 0 saturated heterocycles. The van der Waals surface area contributed by atoms with E-state index in [0.717, 1.165) is 0 Å². The monoisotopic (exact) mass is 386 g/mol. The third-order valence-electron chi connectivity index (χ3n) is 6.05. The van der Waals surface area contributed by atoms with Crippen molar-refractivity contribution in [2.24, 2.45) is 7.05 Å². The summed E-state index contributed by atoms with van der Waals surface area (Å²) in [6.07, 6.45) is 6.96. The van der Waals surface area contributed by atoms with Crippen molar-refractivity contribution >= 4 is 16.5 Å². The van der Waals surface area contributed by atoms with Crippen molar-refractivity contribution in [3.63, 3.8) is 0 Å². The van der Waals surface area contributed by atoms with E-state index in [1.54, 1.807) is 0 Å². The van der Waals surface area contributed by atoms with Crippen LogP contribution in [0.5, 0.6) is 0 Å². The fourth-order valence-electron chi connectivity index (χ4n) is 4.52. The molecule has 3 nitrogen and oxygen atoms in total. The van der Waals surface area contributed by atoms with Crippen LogP contribution in [0.4, 0.5) is 5.69 Å². The maximum Gasteiger partial charge on any atom is 0.213 e. The summed E-state index contributed by atoms with van der Waals surface area (Å²) >= 11 is 0. The number of hydrogen-bond acceptors (Lipinski definition) is 2. The molecule has 3 aromatic rings. The fourth-order valence-corrected chi connectivity index (χ4v) is 4.52. The highest BCUT2D eigenvalue weighted by Crippen LogP contribution is 2.36. The molecule has 0 amide bonds. The SMILES string of the molecule is Cc1cc(-c2cc3ccccc3c[n+]2C)c(C)c(N2C=CN(C(C)(C)C)[C@H]2C)c1. The van der Waals surface area contributed by atoms with Crippen LogP contribution < -0.4 is 9.47 Å². The third kappa shape index (κ3) is 3.39. The highest BCUT2D eigenvalue weighted by atomic mass is 15.4. The predicted octanol–water partition coefficient (Wildman–Crippen LogP) is 5.69. The second kappa shape index (κ2) is 6.91. The molecule has 150 valence electrons. The highest BCUT2D eigenvalue weighted by Gasteiger charge is 2.32. The number of aromatic nitrogens is 1. The summed E-state index contributed by atoms with van der Waals surface area (Å²) in [7, 11) is 2.14. The van der Waals surface area contributed by atoms with Gasteiger partial charge in [0.1, 0.15) is 13.2 Å². The molecule has 3 heteroatoms. The Morgan fingerprint density at radius 3 is 2.28 bits per heavy atom. The van der Waals surface area contributed by atoms with Crippen molar-refractivity contribution < 1.29 is 4.57 Å². The first-order valence-corrected chi connectivity index (χ1v) is 10.4. The van der Waals surface area contributed by atoms with Crippen molar-refractivity contribution in [1.82, 2.24) is 4.90 Å². The van der Waals surface area contributed by atoms with Gasteiger partial charge in [-0.25, -0.2) is 4.57 Å². The van der Waals surface area contributed by atoms with Gasteiger partial charge in [-0.3, -0.25) is 0 Å². The molecule has 2 heterocycles. The number of rotatable bonds is 2. The van der Waals surface area contributed by atoms with Crippen molar-refractivity contribution in [3.8, 4) is 11.3 Å². The van der Waals surface area contributed by atoms with Crippen LogP contribution in [0.2, 0.25) is 0 Å². The molecular weight excluding hydrogens is 354 g/mol. The molecule has 1 aromatic heterocycles. The minimum atomic E-state index is 0.0933. The second-order valence-corrected chi connectivity index (χ2v) is 9.27. The summed E-state index contributed by atoms with van der Waals surface area (Å²) in [6, 6.07) is 15.5. The molecule has 29 heavy (non-hydrogen) atoms. The Bertz CT molecular complexity index is 1100. The van der Waals surface area contributed by atoms with Crippen molar-refractivity contribution in [2.45, 2.75) is 53.2 Å². The lowest BCUT2D eigenvalue weighted by Crippen LogP contribution is -2.46. The van der Waals surface area contributed by atoms with Gasteiger partial charge >= 0.3 is 0 Å². The molecule has 1 aliphatic heterocycles. The van der Waals surface area contributed by atoms with Crippen LogP contribution in [0.3, 0.4) is 0 Å². The Morgan fingerprint density at radius 1 is 0.931 bits per heavy atom. The second-order valence-electron chi connectivity index (χ2n) is 9.27. The first-order chi connectivity index (χ1) is 13.7. The molecule has 1 aliphatic rings. The molecule has 0 fully saturated rings. The van der Waals surface area contributed by atoms with Crippen LogP contribution in [0.15, 0.2) is 61.1 Å². The zero-order chi connectivity index (χ0) is 20.9. The standard InChI is InChI=1S/C26H32N3/c1-18-14-23(25-16-21-10-8-9-11-22(21)17-27(25)7)19(2)24(15-18)28-12-13-29(20(28)3)26(4,5)6/h8-17,20H,1-7H3/q+1/t20-/m0/s1. The van der Waals surface area contributed by atoms with Crippen molar-refractivity contribution in [2.75, 3.05) is 4.90 Å². The molecule has 1 atom stereocenters. The van der Waals surface area contributed by atoms with Gasteiger partial charge in [-0.15, -0.1) is 0 Å². The van der Waals surface area contributed by atoms with E-state index in [0.29, 0.717) is 0 Å². The van der Waals surface area contributed by atoms with E-state index in [4.69, 9.17) is 0 Å². The minimum absolute atomic E-state index is 0.0933. The van der Waals surface area contributed by atoms with Crippen LogP contribution in [-0.4, -0.2) is 16.6 Å². The Labute approximate surface area is 174 Å². The lowest BCUT2D eigenvalue weighted by molar-refractivity contribution is -0.659. The van der Waals surface area contributed by atoms with Gasteiger partial charge in [0.05, 0.1) is 5.56 Å². The van der Waals surface area contributed by atoms with Crippen LogP contribution >= 0.6 is 0 Å². The number of hydrogen-bond donors (Lipinski definition) is 0. The maximum absolute atomic E-state index is 2.42. The zero-order valence-corrected chi connectivity index (χ0v) is 18.7. The molecule has 0 spiro atoms. The topological polar surface area (TPSA) is 10.4 Å². The summed E-state index contributed by atoms with van der Waals surface area (Å²) in [5.41, 5.74) is 6.51. The Hall–Kier alpha value is -2.81. The van der Waals surface area contributed by atoms with Crippen LogP contribution in [-0.2, 0) is 7.05 Å². The Balaban J connectivity index is 1.84. The lowest BCUT2D eigenvalue weighted by atomic mass is 9.97. The molecule has 0 radical (unpaired) electrons. The normalized spacial score (nSPS) is 16.9. The fraction of sp³-hybridized carbons (Fsp3) is 0.346. The van der Waals surface area contributed by atoms with E-state index < -0.39 is 0 Å². The average molecular weight is 387 g/mol. The van der Waals surface area contributed by atoms with E-state index in [1.807, 2.05) is 0 Å². The van der Waals surface area contributed by atoms with Gasteiger partial charge in [-0.1, -0.05) is 18.2 Å². The Kier molecular flexibility index (Phi) is 4.65. The molecule has 0 N–H and O–H groups in total. The largest absolute Gasteiger partial charge is 0.351 e. The predicted molar refractivity (Wildman–Crippen MR) is 123 cm³/mol. The summed E-state index contributed by atoms with van der Waals surface area (Å²) in [4.78, 5) is 4.82. The highest BCUT2D eigenvalue weighted by molar-refractivity contribution is 5.85. The third-order valence-corrected chi connectivity index (χ3v) is 6.05. The number of nitrogens with zero attached hydrogens (tertiary/aromatic N) is 3. The summed E-state index contributed by atoms with van der Waals surface area (Å²) in [6.45, 7) is 13.5. The smallest absolute Gasteiger partial charge is 0.213 e. The van der Waals surface area contributed by atoms with Crippen molar-refractivity contribution in [1.29, 1.82) is 0 Å². The number of anilines is 1. The van der Waals surface area contributed by atoms with Gasteiger partial charge in [0.25, 0.3) is 0 Å². The van der Waals surface area contributed by atoms with Gasteiger partial charge in [0.15, 0.2) is 6.20 Å². The molecule has 4 rings (SSSR count). The van der Waals surface area contributed by atoms with Gasteiger partial charge < -0.3 is 9.80 Å². The number of benzene rings is 2. The van der Waals surface area contributed by atoms with Crippen LogP contribution in [0.1, 0.15) is 38.8 Å². The first-order valence-electron chi connectivity index (χ1n) is 10.4. The minimum Gasteiger partial charge on any atom is -0.351 e. The Morgan fingerprint density at radius 2 is 1.62 bits per heavy atom.